The fourth-order valence-electron chi connectivity index (χ4n) is 2.70. The number of rotatable bonds is 2. The van der Waals surface area contributed by atoms with Crippen molar-refractivity contribution in [2.45, 2.75) is 25.3 Å². The Balaban J connectivity index is 1.98. The predicted molar refractivity (Wildman–Crippen MR) is 82.0 cm³/mol. The summed E-state index contributed by atoms with van der Waals surface area (Å²) in [5.74, 6) is -0.350. The molecule has 1 saturated heterocycles. The van der Waals surface area contributed by atoms with Gasteiger partial charge in [0.1, 0.15) is 10.6 Å². The highest BCUT2D eigenvalue weighted by atomic mass is 32.1. The van der Waals surface area contributed by atoms with E-state index < -0.39 is 11.2 Å². The summed E-state index contributed by atoms with van der Waals surface area (Å²) >= 11 is 1.51. The summed E-state index contributed by atoms with van der Waals surface area (Å²) in [5, 5.41) is 2.76. The number of likely N-dealkylation sites (tertiary alicyclic amines) is 1. The van der Waals surface area contributed by atoms with Crippen LogP contribution in [0.2, 0.25) is 0 Å². The maximum absolute atomic E-state index is 12.8. The summed E-state index contributed by atoms with van der Waals surface area (Å²) < 4.78 is 1.21. The highest BCUT2D eigenvalue weighted by Crippen LogP contribution is 2.32. The van der Waals surface area contributed by atoms with Crippen molar-refractivity contribution in [2.24, 2.45) is 7.05 Å². The third kappa shape index (κ3) is 2.61. The number of nitrogens with zero attached hydrogens (tertiary/aromatic N) is 3. The van der Waals surface area contributed by atoms with E-state index in [9.17, 15) is 14.4 Å². The zero-order chi connectivity index (χ0) is 15.7. The number of aromatic amines is 1. The van der Waals surface area contributed by atoms with Crippen LogP contribution in [0.5, 0.6) is 0 Å². The largest absolute Gasteiger partial charge is 0.329 e. The Kier molecular flexibility index (Phi) is 3.93. The number of hydrogen-bond acceptors (Lipinski definition) is 5. The molecule has 0 radical (unpaired) electrons. The summed E-state index contributed by atoms with van der Waals surface area (Å²) in [5.41, 5.74) is -1.18. The van der Waals surface area contributed by atoms with Crippen LogP contribution in [0.15, 0.2) is 27.4 Å². The van der Waals surface area contributed by atoms with Gasteiger partial charge >= 0.3 is 5.69 Å². The Hall–Kier alpha value is -2.22. The van der Waals surface area contributed by atoms with Crippen LogP contribution in [0.25, 0.3) is 0 Å². The van der Waals surface area contributed by atoms with Gasteiger partial charge in [0.25, 0.3) is 11.5 Å². The van der Waals surface area contributed by atoms with Crippen LogP contribution in [-0.2, 0) is 7.05 Å². The second kappa shape index (κ2) is 5.88. The number of hydrogen-bond donors (Lipinski definition) is 1. The zero-order valence-electron chi connectivity index (χ0n) is 12.1. The Labute approximate surface area is 130 Å². The second-order valence-corrected chi connectivity index (χ2v) is 6.22. The van der Waals surface area contributed by atoms with Crippen LogP contribution < -0.4 is 11.2 Å². The molecule has 1 aliphatic heterocycles. The van der Waals surface area contributed by atoms with Gasteiger partial charge in [-0.25, -0.2) is 9.78 Å². The Morgan fingerprint density at radius 2 is 2.23 bits per heavy atom. The quantitative estimate of drug-likeness (QED) is 0.890. The summed E-state index contributed by atoms with van der Waals surface area (Å²) in [7, 11) is 1.50. The smallest absolute Gasteiger partial charge is 0.328 e. The summed E-state index contributed by atoms with van der Waals surface area (Å²) in [4.78, 5) is 44.3. The summed E-state index contributed by atoms with van der Waals surface area (Å²) in [6.45, 7) is 0.589. The van der Waals surface area contributed by atoms with Crippen LogP contribution in [0.3, 0.4) is 0 Å². The number of carbonyl (C=O) groups is 1. The van der Waals surface area contributed by atoms with Crippen molar-refractivity contribution in [3.8, 4) is 0 Å². The molecule has 8 heteroatoms. The van der Waals surface area contributed by atoms with Gasteiger partial charge in [0.05, 0.1) is 6.04 Å². The minimum absolute atomic E-state index is 0.00874. The third-order valence-corrected chi connectivity index (χ3v) is 4.72. The van der Waals surface area contributed by atoms with E-state index in [0.29, 0.717) is 6.54 Å². The Morgan fingerprint density at radius 1 is 1.41 bits per heavy atom. The maximum atomic E-state index is 12.8. The number of H-pyrrole nitrogens is 1. The fourth-order valence-corrected chi connectivity index (χ4v) is 3.49. The van der Waals surface area contributed by atoms with Crippen LogP contribution >= 0.6 is 11.3 Å². The molecule has 3 heterocycles. The van der Waals surface area contributed by atoms with E-state index in [-0.39, 0.29) is 17.5 Å². The van der Waals surface area contributed by atoms with E-state index in [1.54, 1.807) is 11.1 Å². The number of carbonyl (C=O) groups excluding carboxylic acids is 1. The van der Waals surface area contributed by atoms with E-state index in [0.717, 1.165) is 24.3 Å². The molecule has 7 nitrogen and oxygen atoms in total. The second-order valence-electron chi connectivity index (χ2n) is 5.29. The summed E-state index contributed by atoms with van der Waals surface area (Å²) in [6, 6.07) is -0.0992. The molecule has 2 aromatic heterocycles. The average Bonchev–Trinajstić information content (AvgIpc) is 3.04. The first-order chi connectivity index (χ1) is 10.6. The van der Waals surface area contributed by atoms with E-state index in [2.05, 4.69) is 9.97 Å². The fraction of sp³-hybridized carbons (Fsp3) is 0.429. The lowest BCUT2D eigenvalue weighted by Crippen LogP contribution is -2.42. The number of aromatic nitrogens is 3. The van der Waals surface area contributed by atoms with Crippen LogP contribution in [0.1, 0.15) is 40.7 Å². The molecule has 0 aromatic carbocycles. The molecule has 116 valence electrons. The molecular weight excluding hydrogens is 304 g/mol. The molecule has 1 N–H and O–H groups in total. The number of nitrogens with one attached hydrogen (secondary N) is 1. The van der Waals surface area contributed by atoms with Crippen molar-refractivity contribution in [3.05, 3.63) is 49.2 Å². The molecule has 1 atom stereocenters. The molecule has 0 bridgehead atoms. The SMILES string of the molecule is Cn1cc(C(=O)N2CCCCC2c2nccs2)c(=O)[nH]c1=O. The molecule has 1 amide bonds. The van der Waals surface area contributed by atoms with Crippen molar-refractivity contribution in [1.82, 2.24) is 19.4 Å². The molecule has 2 aromatic rings. The maximum Gasteiger partial charge on any atom is 0.328 e. The summed E-state index contributed by atoms with van der Waals surface area (Å²) in [6.07, 6.45) is 5.78. The van der Waals surface area contributed by atoms with E-state index in [4.69, 9.17) is 0 Å². The number of aryl methyl sites for hydroxylation is 1. The Bertz CT molecular complexity index is 793. The van der Waals surface area contributed by atoms with E-state index in [1.807, 2.05) is 5.38 Å². The van der Waals surface area contributed by atoms with Gasteiger partial charge in [0, 0.05) is 31.4 Å². The molecule has 0 aliphatic carbocycles. The van der Waals surface area contributed by atoms with E-state index >= 15 is 0 Å². The number of amides is 1. The molecule has 3 rings (SSSR count). The molecule has 0 spiro atoms. The van der Waals surface area contributed by atoms with Crippen molar-refractivity contribution >= 4 is 17.2 Å². The molecule has 1 unspecified atom stereocenters. The minimum Gasteiger partial charge on any atom is -0.329 e. The third-order valence-electron chi connectivity index (χ3n) is 3.84. The molecule has 22 heavy (non-hydrogen) atoms. The molecule has 1 fully saturated rings. The topological polar surface area (TPSA) is 88.1 Å². The lowest BCUT2D eigenvalue weighted by Gasteiger charge is -2.34. The first-order valence-electron chi connectivity index (χ1n) is 7.08. The van der Waals surface area contributed by atoms with E-state index in [1.165, 1.54) is 29.1 Å². The lowest BCUT2D eigenvalue weighted by molar-refractivity contribution is 0.0608. The van der Waals surface area contributed by atoms with Gasteiger partial charge in [-0.3, -0.25) is 14.6 Å². The molecule has 1 aliphatic rings. The van der Waals surface area contributed by atoms with Crippen molar-refractivity contribution < 1.29 is 4.79 Å². The number of piperidine rings is 1. The van der Waals surface area contributed by atoms with Crippen LogP contribution in [-0.4, -0.2) is 31.9 Å². The number of thiazole rings is 1. The van der Waals surface area contributed by atoms with Gasteiger partial charge in [0.15, 0.2) is 0 Å². The van der Waals surface area contributed by atoms with Crippen LogP contribution in [0, 0.1) is 0 Å². The van der Waals surface area contributed by atoms with Gasteiger partial charge < -0.3 is 9.47 Å². The van der Waals surface area contributed by atoms with Gasteiger partial charge in [-0.2, -0.15) is 0 Å². The lowest BCUT2D eigenvalue weighted by atomic mass is 10.0. The zero-order valence-corrected chi connectivity index (χ0v) is 12.9. The van der Waals surface area contributed by atoms with Crippen molar-refractivity contribution in [3.63, 3.8) is 0 Å². The highest BCUT2D eigenvalue weighted by molar-refractivity contribution is 7.09. The molecular formula is C14H16N4O3S. The standard InChI is InChI=1S/C14H16N4O3S/c1-17-8-9(11(19)16-14(17)21)13(20)18-6-3-2-4-10(18)12-15-5-7-22-12/h5,7-8,10H,2-4,6H2,1H3,(H,16,19,21). The highest BCUT2D eigenvalue weighted by Gasteiger charge is 2.31. The van der Waals surface area contributed by atoms with Crippen LogP contribution in [0.4, 0.5) is 0 Å². The van der Waals surface area contributed by atoms with Gasteiger partial charge in [-0.05, 0) is 19.3 Å². The first-order valence-corrected chi connectivity index (χ1v) is 7.96. The predicted octanol–water partition coefficient (Wildman–Crippen LogP) is 0.897. The first kappa shape index (κ1) is 14.7. The van der Waals surface area contributed by atoms with Gasteiger partial charge in [0.2, 0.25) is 0 Å². The normalized spacial score (nSPS) is 18.4. The Morgan fingerprint density at radius 3 is 2.95 bits per heavy atom. The minimum atomic E-state index is -0.642. The van der Waals surface area contributed by atoms with Gasteiger partial charge in [-0.1, -0.05) is 0 Å². The molecule has 0 saturated carbocycles. The monoisotopic (exact) mass is 320 g/mol. The van der Waals surface area contributed by atoms with Gasteiger partial charge in [-0.15, -0.1) is 11.3 Å². The average molecular weight is 320 g/mol. The van der Waals surface area contributed by atoms with Crippen molar-refractivity contribution in [2.75, 3.05) is 6.54 Å². The van der Waals surface area contributed by atoms with Crippen molar-refractivity contribution in [1.29, 1.82) is 0 Å².